The van der Waals surface area contributed by atoms with Gasteiger partial charge < -0.3 is 14.8 Å². The molecule has 0 unspecified atom stereocenters. The zero-order chi connectivity index (χ0) is 24.7. The Morgan fingerprint density at radius 2 is 1.97 bits per heavy atom. The monoisotopic (exact) mass is 573 g/mol. The molecule has 1 amide bonds. The van der Waals surface area contributed by atoms with E-state index in [9.17, 15) is 24.6 Å². The molecule has 0 aliphatic heterocycles. The number of hydrogen-bond acceptors (Lipinski definition) is 6. The van der Waals surface area contributed by atoms with E-state index >= 15 is 0 Å². The molecule has 0 atom stereocenters. The first-order chi connectivity index (χ1) is 16.3. The van der Waals surface area contributed by atoms with Crippen LogP contribution in [0.1, 0.15) is 11.1 Å². The van der Waals surface area contributed by atoms with Crippen LogP contribution in [0.3, 0.4) is 0 Å². The number of nitro groups is 1. The second-order valence-electron chi connectivity index (χ2n) is 6.86. The Balaban J connectivity index is 1.80. The third-order valence-corrected chi connectivity index (χ3v) is 5.33. The topological polar surface area (TPSA) is 114 Å². The number of nitrogens with zero attached hydrogens (tertiary/aromatic N) is 2. The summed E-state index contributed by atoms with van der Waals surface area (Å²) in [4.78, 5) is 22.7. The van der Waals surface area contributed by atoms with Gasteiger partial charge >= 0.3 is 0 Å². The molecule has 3 aromatic carbocycles. The largest absolute Gasteiger partial charge is 0.493 e. The Kier molecular flexibility index (Phi) is 8.15. The number of nitrogens with one attached hydrogen (secondary N) is 1. The fraction of sp³-hybridized carbons (Fsp3) is 0.0833. The van der Waals surface area contributed by atoms with E-state index in [1.807, 2.05) is 22.6 Å². The highest BCUT2D eigenvalue weighted by Crippen LogP contribution is 2.35. The highest BCUT2D eigenvalue weighted by atomic mass is 127. The Bertz CT molecular complexity index is 1300. The van der Waals surface area contributed by atoms with Gasteiger partial charge in [0.15, 0.2) is 18.1 Å². The normalized spacial score (nSPS) is 10.8. The minimum atomic E-state index is -0.525. The molecule has 3 rings (SSSR count). The number of allylic oxidation sites excluding steroid dienone is 1. The second-order valence-corrected chi connectivity index (χ2v) is 8.02. The Labute approximate surface area is 207 Å². The van der Waals surface area contributed by atoms with Gasteiger partial charge in [0.2, 0.25) is 0 Å². The first-order valence-corrected chi connectivity index (χ1v) is 10.8. The maximum absolute atomic E-state index is 13.0. The number of rotatable bonds is 8. The molecule has 0 spiro atoms. The first kappa shape index (κ1) is 24.7. The molecule has 0 aromatic heterocycles. The van der Waals surface area contributed by atoms with Crippen LogP contribution >= 0.6 is 22.6 Å². The maximum atomic E-state index is 13.0. The minimum Gasteiger partial charge on any atom is -0.493 e. The molecule has 0 saturated carbocycles. The summed E-state index contributed by atoms with van der Waals surface area (Å²) in [6.45, 7) is -0.309. The SMILES string of the molecule is COc1cc(/C=C(/C#N)c2cccc([N+](=O)[O-])c2)cc(I)c1OCC(=O)Nc1ccc(F)cc1. The molecule has 0 bridgehead atoms. The lowest BCUT2D eigenvalue weighted by Crippen LogP contribution is -2.20. The zero-order valence-electron chi connectivity index (χ0n) is 17.7. The number of benzene rings is 3. The van der Waals surface area contributed by atoms with E-state index < -0.39 is 16.6 Å². The molecule has 0 fully saturated rings. The predicted molar refractivity (Wildman–Crippen MR) is 133 cm³/mol. The predicted octanol–water partition coefficient (Wildman–Crippen LogP) is 5.43. The zero-order valence-corrected chi connectivity index (χ0v) is 19.9. The first-order valence-electron chi connectivity index (χ1n) is 9.73. The molecule has 0 aliphatic carbocycles. The molecule has 0 heterocycles. The van der Waals surface area contributed by atoms with Crippen molar-refractivity contribution in [3.05, 3.63) is 91.3 Å². The molecule has 3 aromatic rings. The van der Waals surface area contributed by atoms with Crippen LogP contribution in [0.5, 0.6) is 11.5 Å². The number of ether oxygens (including phenoxy) is 2. The van der Waals surface area contributed by atoms with Gasteiger partial charge in [0.1, 0.15) is 5.82 Å². The number of hydrogen-bond donors (Lipinski definition) is 1. The van der Waals surface area contributed by atoms with Gasteiger partial charge in [-0.1, -0.05) is 12.1 Å². The van der Waals surface area contributed by atoms with Crippen molar-refractivity contribution >= 4 is 51.5 Å². The molecule has 10 heteroatoms. The van der Waals surface area contributed by atoms with Crippen LogP contribution in [-0.2, 0) is 4.79 Å². The summed E-state index contributed by atoms with van der Waals surface area (Å²) >= 11 is 2.02. The van der Waals surface area contributed by atoms with E-state index in [0.717, 1.165) is 0 Å². The van der Waals surface area contributed by atoms with E-state index in [2.05, 4.69) is 11.4 Å². The number of methoxy groups -OCH3 is 1. The Hall–Kier alpha value is -3.98. The van der Waals surface area contributed by atoms with Gasteiger partial charge in [0.25, 0.3) is 11.6 Å². The van der Waals surface area contributed by atoms with Crippen LogP contribution in [-0.4, -0.2) is 24.5 Å². The van der Waals surface area contributed by atoms with Gasteiger partial charge in [0.05, 0.1) is 27.2 Å². The van der Waals surface area contributed by atoms with Gasteiger partial charge in [-0.3, -0.25) is 14.9 Å². The summed E-state index contributed by atoms with van der Waals surface area (Å²) in [5.74, 6) is -0.175. The summed E-state index contributed by atoms with van der Waals surface area (Å²) in [5.41, 5.74) is 1.56. The van der Waals surface area contributed by atoms with Crippen LogP contribution in [0, 0.1) is 30.8 Å². The van der Waals surface area contributed by atoms with Crippen LogP contribution in [0.25, 0.3) is 11.6 Å². The van der Waals surface area contributed by atoms with Crippen molar-refractivity contribution in [2.75, 3.05) is 19.0 Å². The van der Waals surface area contributed by atoms with Crippen molar-refractivity contribution in [1.29, 1.82) is 5.26 Å². The maximum Gasteiger partial charge on any atom is 0.270 e. The van der Waals surface area contributed by atoms with Crippen LogP contribution < -0.4 is 14.8 Å². The quantitative estimate of drug-likeness (QED) is 0.126. The number of carbonyl (C=O) groups is 1. The van der Waals surface area contributed by atoms with Gasteiger partial charge in [-0.2, -0.15) is 5.26 Å². The smallest absolute Gasteiger partial charge is 0.270 e. The van der Waals surface area contributed by atoms with Gasteiger partial charge in [0, 0.05) is 17.8 Å². The highest BCUT2D eigenvalue weighted by molar-refractivity contribution is 14.1. The van der Waals surface area contributed by atoms with Gasteiger partial charge in [-0.25, -0.2) is 4.39 Å². The molecule has 1 N–H and O–H groups in total. The molecule has 0 saturated heterocycles. The number of nitriles is 1. The Morgan fingerprint density at radius 3 is 2.62 bits per heavy atom. The third kappa shape index (κ3) is 6.29. The molecule has 0 radical (unpaired) electrons. The molecule has 34 heavy (non-hydrogen) atoms. The summed E-state index contributed by atoms with van der Waals surface area (Å²) in [7, 11) is 1.44. The van der Waals surface area contributed by atoms with Crippen LogP contribution in [0.4, 0.5) is 15.8 Å². The molecule has 0 aliphatic rings. The van der Waals surface area contributed by atoms with Crippen molar-refractivity contribution in [3.63, 3.8) is 0 Å². The highest BCUT2D eigenvalue weighted by Gasteiger charge is 2.15. The minimum absolute atomic E-state index is 0.117. The number of amides is 1. The lowest BCUT2D eigenvalue weighted by atomic mass is 10.0. The average Bonchev–Trinajstić information content (AvgIpc) is 2.83. The van der Waals surface area contributed by atoms with Crippen molar-refractivity contribution in [2.24, 2.45) is 0 Å². The standard InChI is InChI=1S/C24H17FIN3O5/c1-33-22-11-15(9-17(13-27)16-3-2-4-20(12-16)29(31)32)10-21(26)24(22)34-14-23(30)28-19-7-5-18(25)6-8-19/h2-12H,14H2,1H3,(H,28,30)/b17-9-. The number of non-ortho nitro benzene ring substituents is 1. The third-order valence-electron chi connectivity index (χ3n) is 4.53. The summed E-state index contributed by atoms with van der Waals surface area (Å²) in [5, 5.41) is 23.2. The lowest BCUT2D eigenvalue weighted by molar-refractivity contribution is -0.384. The van der Waals surface area contributed by atoms with E-state index in [1.165, 1.54) is 49.6 Å². The van der Waals surface area contributed by atoms with Crippen LogP contribution in [0.15, 0.2) is 60.7 Å². The van der Waals surface area contributed by atoms with Crippen molar-refractivity contribution < 1.29 is 23.6 Å². The van der Waals surface area contributed by atoms with Crippen LogP contribution in [0.2, 0.25) is 0 Å². The average molecular weight is 573 g/mol. The number of anilines is 1. The second kappa shape index (κ2) is 11.2. The Morgan fingerprint density at radius 1 is 1.24 bits per heavy atom. The molecule has 8 nitrogen and oxygen atoms in total. The summed E-state index contributed by atoms with van der Waals surface area (Å²) < 4.78 is 24.7. The summed E-state index contributed by atoms with van der Waals surface area (Å²) in [6, 6.07) is 16.6. The van der Waals surface area contributed by atoms with E-state index in [4.69, 9.17) is 9.47 Å². The van der Waals surface area contributed by atoms with Gasteiger partial charge in [-0.05, 0) is 76.2 Å². The number of carbonyl (C=O) groups excluding carboxylic acids is 1. The fourth-order valence-electron chi connectivity index (χ4n) is 2.97. The van der Waals surface area contributed by atoms with Crippen molar-refractivity contribution in [1.82, 2.24) is 0 Å². The number of nitro benzene ring substituents is 1. The summed E-state index contributed by atoms with van der Waals surface area (Å²) in [6.07, 6.45) is 1.58. The van der Waals surface area contributed by atoms with E-state index in [0.29, 0.717) is 31.9 Å². The van der Waals surface area contributed by atoms with Gasteiger partial charge in [-0.15, -0.1) is 0 Å². The van der Waals surface area contributed by atoms with E-state index in [1.54, 1.807) is 24.3 Å². The lowest BCUT2D eigenvalue weighted by Gasteiger charge is -2.14. The molecular formula is C24H17FIN3O5. The molecule has 172 valence electrons. The van der Waals surface area contributed by atoms with E-state index in [-0.39, 0.29) is 17.9 Å². The fourth-order valence-corrected chi connectivity index (χ4v) is 3.75. The molecular weight excluding hydrogens is 556 g/mol. The number of halogens is 2. The van der Waals surface area contributed by atoms with Crippen molar-refractivity contribution in [2.45, 2.75) is 0 Å². The van der Waals surface area contributed by atoms with Crippen molar-refractivity contribution in [3.8, 4) is 17.6 Å².